The zero-order valence-corrected chi connectivity index (χ0v) is 11.2. The van der Waals surface area contributed by atoms with Crippen molar-refractivity contribution in [2.75, 3.05) is 12.8 Å². The van der Waals surface area contributed by atoms with Crippen LogP contribution in [-0.4, -0.2) is 23.0 Å². The van der Waals surface area contributed by atoms with Crippen LogP contribution in [0.2, 0.25) is 5.02 Å². The second-order valence-electron chi connectivity index (χ2n) is 3.92. The highest BCUT2D eigenvalue weighted by molar-refractivity contribution is 6.33. The highest BCUT2D eigenvalue weighted by Crippen LogP contribution is 2.25. The maximum absolute atomic E-state index is 11.4. The Bertz CT molecular complexity index is 644. The van der Waals surface area contributed by atoms with Crippen molar-refractivity contribution in [2.24, 2.45) is 0 Å². The average Bonchev–Trinajstić information content (AvgIpc) is 2.41. The minimum Gasteiger partial charge on any atom is -0.465 e. The molecule has 0 fully saturated rings. The van der Waals surface area contributed by atoms with E-state index in [1.807, 2.05) is 0 Å². The van der Waals surface area contributed by atoms with Crippen LogP contribution in [0.4, 0.5) is 5.69 Å². The first-order chi connectivity index (χ1) is 9.02. The van der Waals surface area contributed by atoms with Crippen LogP contribution < -0.4 is 5.73 Å². The molecule has 0 spiro atoms. The largest absolute Gasteiger partial charge is 0.465 e. The number of methoxy groups -OCH3 is 1. The van der Waals surface area contributed by atoms with Crippen LogP contribution in [0.3, 0.4) is 0 Å². The van der Waals surface area contributed by atoms with Crippen molar-refractivity contribution in [3.8, 4) is 11.4 Å². The predicted octanol–water partition coefficient (Wildman–Crippen LogP) is 2.47. The summed E-state index contributed by atoms with van der Waals surface area (Å²) in [6.07, 6.45) is 1.44. The lowest BCUT2D eigenvalue weighted by molar-refractivity contribution is 0.0599. The Hall–Kier alpha value is -2.14. The van der Waals surface area contributed by atoms with Gasteiger partial charge in [0.05, 0.1) is 29.1 Å². The normalized spacial score (nSPS) is 10.3. The Morgan fingerprint density at radius 2 is 2.16 bits per heavy atom. The number of halogens is 1. The summed E-state index contributed by atoms with van der Waals surface area (Å²) >= 11 is 5.86. The minimum absolute atomic E-state index is 0.341. The molecule has 0 saturated heterocycles. The van der Waals surface area contributed by atoms with Gasteiger partial charge in [-0.3, -0.25) is 0 Å². The molecule has 19 heavy (non-hydrogen) atoms. The lowest BCUT2D eigenvalue weighted by atomic mass is 10.1. The van der Waals surface area contributed by atoms with E-state index in [1.54, 1.807) is 25.1 Å². The molecule has 2 rings (SSSR count). The van der Waals surface area contributed by atoms with E-state index in [0.29, 0.717) is 27.8 Å². The highest BCUT2D eigenvalue weighted by atomic mass is 35.5. The lowest BCUT2D eigenvalue weighted by Gasteiger charge is -2.06. The van der Waals surface area contributed by atoms with Crippen molar-refractivity contribution in [2.45, 2.75) is 6.92 Å². The first-order valence-electron chi connectivity index (χ1n) is 5.50. The van der Waals surface area contributed by atoms with Gasteiger partial charge >= 0.3 is 5.97 Å². The van der Waals surface area contributed by atoms with Gasteiger partial charge in [-0.15, -0.1) is 0 Å². The number of anilines is 1. The molecule has 0 radical (unpaired) electrons. The van der Waals surface area contributed by atoms with Crippen molar-refractivity contribution in [3.63, 3.8) is 0 Å². The number of esters is 1. The number of benzene rings is 1. The number of rotatable bonds is 2. The van der Waals surface area contributed by atoms with Crippen LogP contribution in [0.15, 0.2) is 24.4 Å². The summed E-state index contributed by atoms with van der Waals surface area (Å²) in [5.41, 5.74) is 7.82. The molecule has 0 bridgehead atoms. The van der Waals surface area contributed by atoms with Crippen molar-refractivity contribution in [1.82, 2.24) is 9.97 Å². The molecule has 0 amide bonds. The zero-order valence-electron chi connectivity index (χ0n) is 10.5. The fourth-order valence-electron chi connectivity index (χ4n) is 1.60. The Labute approximate surface area is 115 Å². The van der Waals surface area contributed by atoms with Gasteiger partial charge in [0.1, 0.15) is 0 Å². The summed E-state index contributed by atoms with van der Waals surface area (Å²) in [5.74, 6) is 0.0215. The number of ether oxygens (including phenoxy) is 1. The van der Waals surface area contributed by atoms with Crippen LogP contribution in [0, 0.1) is 6.92 Å². The van der Waals surface area contributed by atoms with E-state index in [0.717, 1.165) is 5.56 Å². The molecule has 2 aromatic rings. The van der Waals surface area contributed by atoms with Gasteiger partial charge in [0.15, 0.2) is 5.82 Å². The van der Waals surface area contributed by atoms with E-state index >= 15 is 0 Å². The number of hydrogen-bond acceptors (Lipinski definition) is 5. The molecule has 0 unspecified atom stereocenters. The summed E-state index contributed by atoms with van der Waals surface area (Å²) in [6.45, 7) is 1.72. The van der Waals surface area contributed by atoms with E-state index in [4.69, 9.17) is 17.3 Å². The highest BCUT2D eigenvalue weighted by Gasteiger charge is 2.13. The molecule has 6 heteroatoms. The fraction of sp³-hybridized carbons (Fsp3) is 0.154. The summed E-state index contributed by atoms with van der Waals surface area (Å²) in [7, 11) is 1.32. The first-order valence-corrected chi connectivity index (χ1v) is 5.88. The molecule has 1 aromatic carbocycles. The molecule has 0 atom stereocenters. The third kappa shape index (κ3) is 2.66. The second-order valence-corrected chi connectivity index (χ2v) is 4.33. The Morgan fingerprint density at radius 1 is 1.42 bits per heavy atom. The molecule has 0 saturated carbocycles. The number of nitrogen functional groups attached to an aromatic ring is 1. The maximum Gasteiger partial charge on any atom is 0.341 e. The SMILES string of the molecule is COC(=O)c1cnc(-c2ccc(Cl)c(N)c2)nc1C. The topological polar surface area (TPSA) is 78.1 Å². The third-order valence-corrected chi connectivity index (χ3v) is 2.98. The van der Waals surface area contributed by atoms with Crippen molar-refractivity contribution >= 4 is 23.3 Å². The lowest BCUT2D eigenvalue weighted by Crippen LogP contribution is -2.07. The number of aromatic nitrogens is 2. The zero-order chi connectivity index (χ0) is 14.0. The van der Waals surface area contributed by atoms with E-state index in [-0.39, 0.29) is 0 Å². The molecule has 1 heterocycles. The molecule has 98 valence electrons. The number of hydrogen-bond donors (Lipinski definition) is 1. The van der Waals surface area contributed by atoms with Crippen molar-refractivity contribution < 1.29 is 9.53 Å². The van der Waals surface area contributed by atoms with Gasteiger partial charge in [-0.1, -0.05) is 11.6 Å². The first kappa shape index (κ1) is 13.3. The summed E-state index contributed by atoms with van der Waals surface area (Å²) in [4.78, 5) is 19.9. The van der Waals surface area contributed by atoms with Gasteiger partial charge in [-0.2, -0.15) is 0 Å². The Kier molecular flexibility index (Phi) is 3.66. The number of nitrogens with two attached hydrogens (primary N) is 1. The second kappa shape index (κ2) is 5.24. The van der Waals surface area contributed by atoms with Gasteiger partial charge in [-0.25, -0.2) is 14.8 Å². The quantitative estimate of drug-likeness (QED) is 0.674. The van der Waals surface area contributed by atoms with E-state index in [1.165, 1.54) is 13.3 Å². The smallest absolute Gasteiger partial charge is 0.341 e. The summed E-state index contributed by atoms with van der Waals surface area (Å²) in [5, 5.41) is 0.478. The van der Waals surface area contributed by atoms with Gasteiger partial charge in [0.25, 0.3) is 0 Å². The number of carbonyl (C=O) groups excluding carboxylic acids is 1. The minimum atomic E-state index is -0.459. The van der Waals surface area contributed by atoms with Crippen LogP contribution >= 0.6 is 11.6 Å². The van der Waals surface area contributed by atoms with Gasteiger partial charge in [0.2, 0.25) is 0 Å². The van der Waals surface area contributed by atoms with Crippen LogP contribution in [0.25, 0.3) is 11.4 Å². The molecule has 0 aliphatic heterocycles. The van der Waals surface area contributed by atoms with E-state index < -0.39 is 5.97 Å². The Morgan fingerprint density at radius 3 is 2.74 bits per heavy atom. The fourth-order valence-corrected chi connectivity index (χ4v) is 1.72. The maximum atomic E-state index is 11.4. The van der Waals surface area contributed by atoms with Gasteiger partial charge in [-0.05, 0) is 25.1 Å². The molecule has 0 aliphatic rings. The van der Waals surface area contributed by atoms with Gasteiger partial charge < -0.3 is 10.5 Å². The van der Waals surface area contributed by atoms with Crippen LogP contribution in [0.5, 0.6) is 0 Å². The molecular formula is C13H12ClN3O2. The molecule has 0 aliphatic carbocycles. The number of aryl methyl sites for hydroxylation is 1. The standard InChI is InChI=1S/C13H12ClN3O2/c1-7-9(13(18)19-2)6-16-12(17-7)8-3-4-10(14)11(15)5-8/h3-6H,15H2,1-2H3. The predicted molar refractivity (Wildman–Crippen MR) is 73.0 cm³/mol. The van der Waals surface area contributed by atoms with E-state index in [2.05, 4.69) is 14.7 Å². The Balaban J connectivity index is 2.44. The molecule has 2 N–H and O–H groups in total. The van der Waals surface area contributed by atoms with Gasteiger partial charge in [0, 0.05) is 11.8 Å². The number of carbonyl (C=O) groups is 1. The van der Waals surface area contributed by atoms with Crippen LogP contribution in [-0.2, 0) is 4.74 Å². The van der Waals surface area contributed by atoms with Crippen molar-refractivity contribution in [3.05, 3.63) is 40.7 Å². The summed E-state index contributed by atoms with van der Waals surface area (Å²) < 4.78 is 4.64. The van der Waals surface area contributed by atoms with Crippen molar-refractivity contribution in [1.29, 1.82) is 0 Å². The number of nitrogens with zero attached hydrogens (tertiary/aromatic N) is 2. The third-order valence-electron chi connectivity index (χ3n) is 2.64. The summed E-state index contributed by atoms with van der Waals surface area (Å²) in [6, 6.07) is 5.14. The average molecular weight is 278 g/mol. The molecule has 1 aromatic heterocycles. The monoisotopic (exact) mass is 277 g/mol. The van der Waals surface area contributed by atoms with Crippen LogP contribution in [0.1, 0.15) is 16.1 Å². The molecular weight excluding hydrogens is 266 g/mol. The molecule has 5 nitrogen and oxygen atoms in total. The van der Waals surface area contributed by atoms with E-state index in [9.17, 15) is 4.79 Å².